The third kappa shape index (κ3) is 3.37. The van der Waals surface area contributed by atoms with E-state index in [1.165, 1.54) is 19.3 Å². The van der Waals surface area contributed by atoms with Gasteiger partial charge in [0.2, 0.25) is 5.75 Å². The fourth-order valence-corrected chi connectivity index (χ4v) is 3.90. The predicted octanol–water partition coefficient (Wildman–Crippen LogP) is 3.13. The largest absolute Gasteiger partial charge is 0.501 e. The highest BCUT2D eigenvalue weighted by molar-refractivity contribution is 5.97. The van der Waals surface area contributed by atoms with Crippen molar-refractivity contribution in [3.05, 3.63) is 30.2 Å². The zero-order valence-corrected chi connectivity index (χ0v) is 15.6. The van der Waals surface area contributed by atoms with Crippen LogP contribution < -0.4 is 5.32 Å². The molecule has 8 heteroatoms. The minimum Gasteiger partial charge on any atom is -0.501 e. The summed E-state index contributed by atoms with van der Waals surface area (Å²) in [4.78, 5) is 28.3. The normalized spacial score (nSPS) is 16.2. The summed E-state index contributed by atoms with van der Waals surface area (Å²) in [6, 6.07) is 3.58. The number of aromatic amines is 1. The number of nitrogens with one attached hydrogen (secondary N) is 2. The van der Waals surface area contributed by atoms with E-state index in [2.05, 4.69) is 25.3 Å². The molecule has 3 aromatic heterocycles. The summed E-state index contributed by atoms with van der Waals surface area (Å²) in [7, 11) is 0. The molecule has 146 valence electrons. The summed E-state index contributed by atoms with van der Waals surface area (Å²) in [5.41, 5.74) is 1.00. The van der Waals surface area contributed by atoms with E-state index >= 15 is 0 Å². The molecule has 8 nitrogen and oxygen atoms in total. The van der Waals surface area contributed by atoms with Crippen LogP contribution in [0.15, 0.2) is 24.5 Å². The van der Waals surface area contributed by atoms with E-state index in [0.717, 1.165) is 23.7 Å². The van der Waals surface area contributed by atoms with Crippen molar-refractivity contribution in [2.45, 2.75) is 45.1 Å². The quantitative estimate of drug-likeness (QED) is 0.550. The first-order valence-electron chi connectivity index (χ1n) is 9.58. The molecule has 0 aliphatic heterocycles. The van der Waals surface area contributed by atoms with Crippen molar-refractivity contribution in [1.82, 2.24) is 25.3 Å². The van der Waals surface area contributed by atoms with Crippen molar-refractivity contribution in [3.63, 3.8) is 0 Å². The molecule has 0 aromatic carbocycles. The number of rotatable bonds is 4. The van der Waals surface area contributed by atoms with Crippen LogP contribution in [0.25, 0.3) is 22.4 Å². The maximum Gasteiger partial charge on any atom is 0.274 e. The van der Waals surface area contributed by atoms with Crippen LogP contribution in [0, 0.1) is 5.92 Å². The second-order valence-electron chi connectivity index (χ2n) is 7.33. The summed E-state index contributed by atoms with van der Waals surface area (Å²) in [6.45, 7) is 1.97. The van der Waals surface area contributed by atoms with Crippen LogP contribution in [0.3, 0.4) is 0 Å². The van der Waals surface area contributed by atoms with Crippen molar-refractivity contribution in [3.8, 4) is 23.1 Å². The first kappa shape index (κ1) is 18.2. The van der Waals surface area contributed by atoms with Crippen LogP contribution in [0.1, 0.15) is 49.5 Å². The minimum atomic E-state index is -0.644. The Morgan fingerprint density at radius 1 is 1.21 bits per heavy atom. The Morgan fingerprint density at radius 2 is 2.00 bits per heavy atom. The van der Waals surface area contributed by atoms with Gasteiger partial charge in [-0.1, -0.05) is 19.3 Å². The number of carbonyl (C=O) groups is 1. The third-order valence-corrected chi connectivity index (χ3v) is 5.49. The number of hydrogen-bond donors (Lipinski definition) is 4. The molecule has 1 aliphatic rings. The molecule has 1 aliphatic carbocycles. The van der Waals surface area contributed by atoms with Crippen molar-refractivity contribution in [1.29, 1.82) is 0 Å². The third-order valence-electron chi connectivity index (χ3n) is 5.49. The fourth-order valence-electron chi connectivity index (χ4n) is 3.90. The average Bonchev–Trinajstić information content (AvgIpc) is 3.19. The molecule has 4 rings (SSSR count). The summed E-state index contributed by atoms with van der Waals surface area (Å²) < 4.78 is 0. The van der Waals surface area contributed by atoms with Gasteiger partial charge < -0.3 is 20.5 Å². The van der Waals surface area contributed by atoms with Crippen LogP contribution in [0.2, 0.25) is 0 Å². The minimum absolute atomic E-state index is 0.0426. The standard InChI is InChI=1S/C20H23N5O3/c1-11(12-5-3-2-4-6-12)23-19(27)16-17(26)20(28)25-18(24-16)15-13-7-9-21-14(13)8-10-22-15/h7-12,21,26H,2-6H2,1H3,(H,23,27)(H,24,25,28). The average molecular weight is 381 g/mol. The molecule has 0 spiro atoms. The highest BCUT2D eigenvalue weighted by Gasteiger charge is 2.26. The van der Waals surface area contributed by atoms with Crippen molar-refractivity contribution < 1.29 is 15.0 Å². The smallest absolute Gasteiger partial charge is 0.274 e. The van der Waals surface area contributed by atoms with Crippen molar-refractivity contribution >= 4 is 16.8 Å². The van der Waals surface area contributed by atoms with Gasteiger partial charge in [-0.2, -0.15) is 4.98 Å². The van der Waals surface area contributed by atoms with E-state index in [0.29, 0.717) is 11.6 Å². The zero-order valence-electron chi connectivity index (χ0n) is 15.6. The lowest BCUT2D eigenvalue weighted by Crippen LogP contribution is -2.39. The van der Waals surface area contributed by atoms with Gasteiger partial charge >= 0.3 is 0 Å². The zero-order chi connectivity index (χ0) is 19.7. The van der Waals surface area contributed by atoms with Gasteiger partial charge in [0.05, 0.1) is 0 Å². The lowest BCUT2D eigenvalue weighted by Gasteiger charge is -2.28. The van der Waals surface area contributed by atoms with Gasteiger partial charge in [0.25, 0.3) is 11.8 Å². The van der Waals surface area contributed by atoms with E-state index in [1.807, 2.05) is 13.0 Å². The SMILES string of the molecule is CC(NC(=O)c1nc(-c2nccc3[nH]ccc23)nc(O)c1O)C1CCCCC1. The Balaban J connectivity index is 1.65. The van der Waals surface area contributed by atoms with Crippen LogP contribution >= 0.6 is 0 Å². The number of aromatic nitrogens is 4. The number of amides is 1. The first-order valence-corrected chi connectivity index (χ1v) is 9.58. The van der Waals surface area contributed by atoms with Gasteiger partial charge in [-0.05, 0) is 37.8 Å². The molecule has 1 atom stereocenters. The molecular formula is C20H23N5O3. The van der Waals surface area contributed by atoms with Crippen LogP contribution in [-0.2, 0) is 0 Å². The first-order chi connectivity index (χ1) is 13.5. The number of fused-ring (bicyclic) bond motifs is 1. The molecule has 0 saturated heterocycles. The summed E-state index contributed by atoms with van der Waals surface area (Å²) in [5, 5.41) is 23.9. The summed E-state index contributed by atoms with van der Waals surface area (Å²) in [5.74, 6) is -1.31. The van der Waals surface area contributed by atoms with Gasteiger partial charge in [-0.3, -0.25) is 9.78 Å². The number of hydrogen-bond acceptors (Lipinski definition) is 6. The molecule has 3 aromatic rings. The number of pyridine rings is 1. The molecule has 3 heterocycles. The highest BCUT2D eigenvalue weighted by Crippen LogP contribution is 2.31. The number of carbonyl (C=O) groups excluding carboxylic acids is 1. The van der Waals surface area contributed by atoms with Gasteiger partial charge in [0.15, 0.2) is 11.5 Å². The lowest BCUT2D eigenvalue weighted by atomic mass is 9.84. The maximum atomic E-state index is 12.8. The molecule has 1 unspecified atom stereocenters. The molecule has 0 bridgehead atoms. The molecule has 4 N–H and O–H groups in total. The second-order valence-corrected chi connectivity index (χ2v) is 7.33. The highest BCUT2D eigenvalue weighted by atomic mass is 16.3. The maximum absolute atomic E-state index is 12.8. The molecule has 1 saturated carbocycles. The molecule has 1 amide bonds. The Hall–Kier alpha value is -3.16. The van der Waals surface area contributed by atoms with E-state index in [-0.39, 0.29) is 17.6 Å². The number of aromatic hydroxyl groups is 2. The summed E-state index contributed by atoms with van der Waals surface area (Å²) in [6.07, 6.45) is 9.07. The van der Waals surface area contributed by atoms with E-state index in [9.17, 15) is 15.0 Å². The Morgan fingerprint density at radius 3 is 2.79 bits per heavy atom. The van der Waals surface area contributed by atoms with E-state index in [1.54, 1.807) is 18.5 Å². The lowest BCUT2D eigenvalue weighted by molar-refractivity contribution is 0.0910. The van der Waals surface area contributed by atoms with Crippen molar-refractivity contribution in [2.75, 3.05) is 0 Å². The number of nitrogens with zero attached hydrogens (tertiary/aromatic N) is 3. The Kier molecular flexibility index (Phi) is 4.85. The molecule has 1 fully saturated rings. The topological polar surface area (TPSA) is 124 Å². The van der Waals surface area contributed by atoms with Crippen LogP contribution in [0.4, 0.5) is 0 Å². The monoisotopic (exact) mass is 381 g/mol. The molecular weight excluding hydrogens is 358 g/mol. The van der Waals surface area contributed by atoms with Crippen molar-refractivity contribution in [2.24, 2.45) is 5.92 Å². The van der Waals surface area contributed by atoms with Crippen LogP contribution in [0.5, 0.6) is 11.6 Å². The van der Waals surface area contributed by atoms with E-state index < -0.39 is 17.5 Å². The molecule has 0 radical (unpaired) electrons. The summed E-state index contributed by atoms with van der Waals surface area (Å²) >= 11 is 0. The predicted molar refractivity (Wildman–Crippen MR) is 104 cm³/mol. The van der Waals surface area contributed by atoms with Crippen LogP contribution in [-0.4, -0.2) is 42.1 Å². The Labute approximate surface area is 162 Å². The van der Waals surface area contributed by atoms with Gasteiger partial charge in [0, 0.05) is 29.3 Å². The Bertz CT molecular complexity index is 1010. The van der Waals surface area contributed by atoms with E-state index in [4.69, 9.17) is 0 Å². The second kappa shape index (κ2) is 7.46. The van der Waals surface area contributed by atoms with Gasteiger partial charge in [0.1, 0.15) is 5.69 Å². The number of H-pyrrole nitrogens is 1. The van der Waals surface area contributed by atoms with Gasteiger partial charge in [-0.25, -0.2) is 4.98 Å². The van der Waals surface area contributed by atoms with Gasteiger partial charge in [-0.15, -0.1) is 0 Å². The fraction of sp³-hybridized carbons (Fsp3) is 0.400. The molecule has 28 heavy (non-hydrogen) atoms.